The summed E-state index contributed by atoms with van der Waals surface area (Å²) >= 11 is 1.21. The van der Waals surface area contributed by atoms with E-state index >= 15 is 0 Å². The second kappa shape index (κ2) is 3.00. The van der Waals surface area contributed by atoms with Gasteiger partial charge in [-0.1, -0.05) is 11.3 Å². The monoisotopic (exact) mass is 212 g/mol. The van der Waals surface area contributed by atoms with E-state index in [2.05, 4.69) is 16.8 Å². The van der Waals surface area contributed by atoms with Crippen molar-refractivity contribution in [3.63, 3.8) is 0 Å². The van der Waals surface area contributed by atoms with E-state index in [1.165, 1.54) is 30.7 Å². The van der Waals surface area contributed by atoms with Gasteiger partial charge in [0.2, 0.25) is 0 Å². The van der Waals surface area contributed by atoms with Crippen LogP contribution in [0.4, 0.5) is 4.39 Å². The zero-order chi connectivity index (χ0) is 9.71. The second-order valence-corrected chi connectivity index (χ2v) is 5.43. The van der Waals surface area contributed by atoms with E-state index in [-0.39, 0.29) is 5.26 Å². The lowest BCUT2D eigenvalue weighted by Crippen LogP contribution is -2.29. The number of hydrogen-bond donors (Lipinski definition) is 0. The fourth-order valence-electron chi connectivity index (χ4n) is 2.92. The van der Waals surface area contributed by atoms with Crippen LogP contribution >= 0.6 is 11.3 Å². The normalized spacial score (nSPS) is 40.7. The van der Waals surface area contributed by atoms with Gasteiger partial charge in [0, 0.05) is 29.7 Å². The van der Waals surface area contributed by atoms with Crippen molar-refractivity contribution in [3.8, 4) is 0 Å². The van der Waals surface area contributed by atoms with E-state index in [1.807, 2.05) is 0 Å². The minimum atomic E-state index is -0.295. The number of rotatable bonds is 1. The largest absolute Gasteiger partial charge is 0.292 e. The van der Waals surface area contributed by atoms with Gasteiger partial charge in [0.05, 0.1) is 0 Å². The van der Waals surface area contributed by atoms with Gasteiger partial charge in [-0.15, -0.1) is 0 Å². The smallest absolute Gasteiger partial charge is 0.269 e. The Balaban J connectivity index is 1.87. The summed E-state index contributed by atoms with van der Waals surface area (Å²) in [7, 11) is 0. The Morgan fingerprint density at radius 3 is 3.00 bits per heavy atom. The first-order valence-corrected chi connectivity index (χ1v) is 5.92. The van der Waals surface area contributed by atoms with Crippen LogP contribution in [0.15, 0.2) is 6.20 Å². The molecule has 76 valence electrons. The minimum absolute atomic E-state index is 0.295. The van der Waals surface area contributed by atoms with Gasteiger partial charge in [-0.05, 0) is 25.7 Å². The molecule has 0 radical (unpaired) electrons. The van der Waals surface area contributed by atoms with Crippen molar-refractivity contribution in [2.45, 2.75) is 31.8 Å². The van der Waals surface area contributed by atoms with Gasteiger partial charge in [-0.3, -0.25) is 4.90 Å². The molecule has 2 nitrogen and oxygen atoms in total. The molecular weight excluding hydrogens is 199 g/mol. The summed E-state index contributed by atoms with van der Waals surface area (Å²) in [6.45, 7) is 3.47. The van der Waals surface area contributed by atoms with Crippen LogP contribution in [0.1, 0.15) is 30.7 Å². The summed E-state index contributed by atoms with van der Waals surface area (Å²) in [6, 6.07) is 1.12. The average Bonchev–Trinajstić information content (AvgIpc) is 2.77. The van der Waals surface area contributed by atoms with Gasteiger partial charge >= 0.3 is 0 Å². The lowest BCUT2D eigenvalue weighted by Gasteiger charge is -2.29. The topological polar surface area (TPSA) is 16.1 Å². The minimum Gasteiger partial charge on any atom is -0.292 e. The average molecular weight is 212 g/mol. The SMILES string of the molecule is CC1CC2CC(c3cnc(F)s3)N1C2. The fourth-order valence-corrected chi connectivity index (χ4v) is 3.70. The molecule has 14 heavy (non-hydrogen) atoms. The maximum Gasteiger partial charge on any atom is 0.269 e. The van der Waals surface area contributed by atoms with E-state index in [1.54, 1.807) is 6.20 Å². The van der Waals surface area contributed by atoms with Crippen LogP contribution in [0.5, 0.6) is 0 Å². The molecule has 0 spiro atoms. The number of fused-ring (bicyclic) bond motifs is 2. The predicted molar refractivity (Wildman–Crippen MR) is 53.7 cm³/mol. The standard InChI is InChI=1S/C10H13FN2S/c1-6-2-7-3-8(13(6)5-7)9-4-12-10(11)14-9/h4,6-8H,2-3,5H2,1H3. The Bertz CT molecular complexity index is 352. The van der Waals surface area contributed by atoms with Crippen LogP contribution in [-0.2, 0) is 0 Å². The summed E-state index contributed by atoms with van der Waals surface area (Å²) in [5.41, 5.74) is 0. The fraction of sp³-hybridized carbons (Fsp3) is 0.700. The van der Waals surface area contributed by atoms with Crippen LogP contribution < -0.4 is 0 Å². The summed E-state index contributed by atoms with van der Waals surface area (Å²) in [5, 5.41) is -0.295. The Morgan fingerprint density at radius 2 is 2.43 bits per heavy atom. The van der Waals surface area contributed by atoms with Crippen LogP contribution in [0.2, 0.25) is 0 Å². The predicted octanol–water partition coefficient (Wildman–Crippen LogP) is 2.44. The molecule has 3 heterocycles. The van der Waals surface area contributed by atoms with Crippen molar-refractivity contribution in [2.24, 2.45) is 5.92 Å². The van der Waals surface area contributed by atoms with E-state index in [4.69, 9.17) is 0 Å². The van der Waals surface area contributed by atoms with Crippen molar-refractivity contribution in [2.75, 3.05) is 6.54 Å². The summed E-state index contributed by atoms with van der Waals surface area (Å²) in [5.74, 6) is 0.833. The summed E-state index contributed by atoms with van der Waals surface area (Å²) < 4.78 is 12.8. The molecule has 4 heteroatoms. The van der Waals surface area contributed by atoms with Crippen LogP contribution in [0.3, 0.4) is 0 Å². The van der Waals surface area contributed by atoms with Gasteiger partial charge in [0.1, 0.15) is 0 Å². The number of nitrogens with zero attached hydrogens (tertiary/aromatic N) is 2. The maximum absolute atomic E-state index is 12.8. The zero-order valence-electron chi connectivity index (χ0n) is 8.11. The van der Waals surface area contributed by atoms with Crippen LogP contribution in [0, 0.1) is 11.2 Å². The Morgan fingerprint density at radius 1 is 1.57 bits per heavy atom. The molecule has 0 amide bonds. The highest BCUT2D eigenvalue weighted by Crippen LogP contribution is 2.46. The molecule has 2 aliphatic rings. The highest BCUT2D eigenvalue weighted by Gasteiger charge is 2.43. The summed E-state index contributed by atoms with van der Waals surface area (Å²) in [4.78, 5) is 7.30. The highest BCUT2D eigenvalue weighted by atomic mass is 32.1. The van der Waals surface area contributed by atoms with Crippen molar-refractivity contribution in [1.82, 2.24) is 9.88 Å². The third-order valence-electron chi connectivity index (χ3n) is 3.49. The van der Waals surface area contributed by atoms with Gasteiger partial charge < -0.3 is 0 Å². The number of thiazole rings is 1. The maximum atomic E-state index is 12.8. The second-order valence-electron chi connectivity index (χ2n) is 4.41. The number of aromatic nitrogens is 1. The molecule has 2 aliphatic heterocycles. The molecule has 2 saturated heterocycles. The van der Waals surface area contributed by atoms with Crippen LogP contribution in [-0.4, -0.2) is 22.5 Å². The molecular formula is C10H13FN2S. The highest BCUT2D eigenvalue weighted by molar-refractivity contribution is 7.10. The van der Waals surface area contributed by atoms with E-state index in [0.29, 0.717) is 12.1 Å². The molecule has 0 saturated carbocycles. The van der Waals surface area contributed by atoms with Crippen molar-refractivity contribution in [1.29, 1.82) is 0 Å². The van der Waals surface area contributed by atoms with E-state index in [0.717, 1.165) is 10.8 Å². The van der Waals surface area contributed by atoms with E-state index in [9.17, 15) is 4.39 Å². The molecule has 1 aromatic heterocycles. The van der Waals surface area contributed by atoms with Gasteiger partial charge in [0.25, 0.3) is 5.26 Å². The third-order valence-corrected chi connectivity index (χ3v) is 4.38. The van der Waals surface area contributed by atoms with E-state index < -0.39 is 0 Å². The molecule has 3 rings (SSSR count). The first kappa shape index (κ1) is 8.80. The Kier molecular flexibility index (Phi) is 1.89. The molecule has 2 fully saturated rings. The lowest BCUT2D eigenvalue weighted by atomic mass is 9.96. The number of hydrogen-bond acceptors (Lipinski definition) is 3. The lowest BCUT2D eigenvalue weighted by molar-refractivity contribution is 0.201. The van der Waals surface area contributed by atoms with Crippen molar-refractivity contribution < 1.29 is 4.39 Å². The number of piperidine rings is 1. The molecule has 2 bridgehead atoms. The first-order valence-electron chi connectivity index (χ1n) is 5.11. The molecule has 4 unspecified atom stereocenters. The Labute approximate surface area is 86.8 Å². The molecule has 0 N–H and O–H groups in total. The summed E-state index contributed by atoms with van der Waals surface area (Å²) in [6.07, 6.45) is 4.22. The third kappa shape index (κ3) is 1.21. The molecule has 0 aromatic carbocycles. The van der Waals surface area contributed by atoms with Crippen molar-refractivity contribution >= 4 is 11.3 Å². The number of halogens is 1. The Hall–Kier alpha value is -0.480. The quantitative estimate of drug-likeness (QED) is 0.710. The van der Waals surface area contributed by atoms with Crippen LogP contribution in [0.25, 0.3) is 0 Å². The van der Waals surface area contributed by atoms with Crippen molar-refractivity contribution in [3.05, 3.63) is 16.3 Å². The molecule has 1 aromatic rings. The first-order chi connectivity index (χ1) is 6.74. The van der Waals surface area contributed by atoms with Gasteiger partial charge in [0.15, 0.2) is 0 Å². The molecule has 0 aliphatic carbocycles. The van der Waals surface area contributed by atoms with Gasteiger partial charge in [-0.25, -0.2) is 4.98 Å². The molecule has 4 atom stereocenters. The zero-order valence-corrected chi connectivity index (χ0v) is 8.93. The van der Waals surface area contributed by atoms with Gasteiger partial charge in [-0.2, -0.15) is 4.39 Å².